The van der Waals surface area contributed by atoms with E-state index in [0.29, 0.717) is 29.9 Å². The minimum Gasteiger partial charge on any atom is -0.462 e. The molecular formula is C23H32O3. The van der Waals surface area contributed by atoms with Crippen LogP contribution in [0.1, 0.15) is 68.8 Å². The standard InChI is InChI=1S/C23H32O3/c1-4-26-22(25)18-11-9-17(10-12-18)8-7-16(2)19-13-14-20-21(24)6-5-15-23(19,20)3/h7-12,16,19-21,24H,4-6,13-15H2,1-3H3/b8-7+/t16-,19-,20+,21+,23+/m1/s1. The van der Waals surface area contributed by atoms with E-state index in [1.165, 1.54) is 12.8 Å². The van der Waals surface area contributed by atoms with Crippen LogP contribution >= 0.6 is 0 Å². The summed E-state index contributed by atoms with van der Waals surface area (Å²) in [5.41, 5.74) is 1.97. The third-order valence-electron chi connectivity index (χ3n) is 6.81. The second-order valence-electron chi connectivity index (χ2n) is 8.32. The molecule has 0 spiro atoms. The highest BCUT2D eigenvalue weighted by Gasteiger charge is 2.51. The van der Waals surface area contributed by atoms with Crippen molar-refractivity contribution in [3.05, 3.63) is 41.5 Å². The van der Waals surface area contributed by atoms with Gasteiger partial charge in [-0.3, -0.25) is 0 Å². The average molecular weight is 357 g/mol. The van der Waals surface area contributed by atoms with Crippen LogP contribution in [0.5, 0.6) is 0 Å². The van der Waals surface area contributed by atoms with Gasteiger partial charge in [0.2, 0.25) is 0 Å². The Kier molecular flexibility index (Phi) is 5.86. The van der Waals surface area contributed by atoms with E-state index < -0.39 is 0 Å². The number of carbonyl (C=O) groups excluding carboxylic acids is 1. The summed E-state index contributed by atoms with van der Waals surface area (Å²) in [6.45, 7) is 6.92. The Morgan fingerprint density at radius 2 is 2.04 bits per heavy atom. The van der Waals surface area contributed by atoms with Crippen molar-refractivity contribution >= 4 is 12.0 Å². The fourth-order valence-corrected chi connectivity index (χ4v) is 5.39. The third kappa shape index (κ3) is 3.73. The Bertz CT molecular complexity index is 648. The van der Waals surface area contributed by atoms with Gasteiger partial charge in [-0.15, -0.1) is 0 Å². The first kappa shape index (κ1) is 19.2. The molecule has 142 valence electrons. The third-order valence-corrected chi connectivity index (χ3v) is 6.81. The van der Waals surface area contributed by atoms with E-state index in [4.69, 9.17) is 4.74 Å². The number of aliphatic hydroxyl groups excluding tert-OH is 1. The normalized spacial score (nSPS) is 32.4. The Labute approximate surface area is 157 Å². The molecule has 0 aromatic heterocycles. The van der Waals surface area contributed by atoms with E-state index in [1.54, 1.807) is 0 Å². The second kappa shape index (κ2) is 7.96. The van der Waals surface area contributed by atoms with E-state index in [2.05, 4.69) is 26.0 Å². The minimum absolute atomic E-state index is 0.106. The van der Waals surface area contributed by atoms with Gasteiger partial charge in [-0.1, -0.05) is 44.6 Å². The van der Waals surface area contributed by atoms with Gasteiger partial charge in [0.25, 0.3) is 0 Å². The number of benzene rings is 1. The first-order valence-corrected chi connectivity index (χ1v) is 10.1. The van der Waals surface area contributed by atoms with Gasteiger partial charge in [0.15, 0.2) is 0 Å². The Balaban J connectivity index is 1.66. The van der Waals surface area contributed by atoms with Crippen LogP contribution in [-0.4, -0.2) is 23.8 Å². The van der Waals surface area contributed by atoms with E-state index in [9.17, 15) is 9.90 Å². The van der Waals surface area contributed by atoms with Gasteiger partial charge in [0.05, 0.1) is 18.3 Å². The number of carbonyl (C=O) groups is 1. The lowest BCUT2D eigenvalue weighted by atomic mass is 9.62. The number of aliphatic hydroxyl groups is 1. The lowest BCUT2D eigenvalue weighted by molar-refractivity contribution is -0.0230. The summed E-state index contributed by atoms with van der Waals surface area (Å²) in [5, 5.41) is 10.4. The van der Waals surface area contributed by atoms with Crippen LogP contribution in [0.4, 0.5) is 0 Å². The van der Waals surface area contributed by atoms with Gasteiger partial charge in [-0.2, -0.15) is 0 Å². The second-order valence-corrected chi connectivity index (χ2v) is 8.32. The lowest BCUT2D eigenvalue weighted by Gasteiger charge is -2.44. The number of hydrogen-bond donors (Lipinski definition) is 1. The summed E-state index contributed by atoms with van der Waals surface area (Å²) in [6.07, 6.45) is 10.1. The van der Waals surface area contributed by atoms with Crippen molar-refractivity contribution in [2.45, 2.75) is 59.0 Å². The molecule has 0 unspecified atom stereocenters. The molecule has 0 radical (unpaired) electrons. The van der Waals surface area contributed by atoms with Crippen molar-refractivity contribution in [1.29, 1.82) is 0 Å². The van der Waals surface area contributed by atoms with E-state index >= 15 is 0 Å². The molecule has 1 N–H and O–H groups in total. The molecule has 2 aliphatic rings. The van der Waals surface area contributed by atoms with Crippen LogP contribution < -0.4 is 0 Å². The fourth-order valence-electron chi connectivity index (χ4n) is 5.39. The van der Waals surface area contributed by atoms with Gasteiger partial charge in [0.1, 0.15) is 0 Å². The number of rotatable bonds is 5. The van der Waals surface area contributed by atoms with Gasteiger partial charge >= 0.3 is 5.97 Å². The maximum atomic E-state index is 11.7. The molecule has 3 rings (SSSR count). The average Bonchev–Trinajstić information content (AvgIpc) is 2.99. The van der Waals surface area contributed by atoms with Crippen molar-refractivity contribution in [3.63, 3.8) is 0 Å². The molecule has 2 saturated carbocycles. The zero-order valence-corrected chi connectivity index (χ0v) is 16.3. The van der Waals surface area contributed by atoms with Gasteiger partial charge < -0.3 is 9.84 Å². The summed E-state index contributed by atoms with van der Waals surface area (Å²) in [5.74, 6) is 1.33. The number of ether oxygens (including phenoxy) is 1. The van der Waals surface area contributed by atoms with Crippen LogP contribution in [0.3, 0.4) is 0 Å². The summed E-state index contributed by atoms with van der Waals surface area (Å²) in [7, 11) is 0. The summed E-state index contributed by atoms with van der Waals surface area (Å²) in [4.78, 5) is 11.7. The molecule has 2 aliphatic carbocycles. The van der Waals surface area contributed by atoms with Crippen molar-refractivity contribution in [2.75, 3.05) is 6.61 Å². The topological polar surface area (TPSA) is 46.5 Å². The minimum atomic E-state index is -0.267. The molecule has 3 nitrogen and oxygen atoms in total. The molecule has 5 atom stereocenters. The first-order chi connectivity index (χ1) is 12.5. The zero-order chi connectivity index (χ0) is 18.7. The molecule has 2 fully saturated rings. The molecule has 3 heteroatoms. The Hall–Kier alpha value is -1.61. The van der Waals surface area contributed by atoms with Gasteiger partial charge in [-0.25, -0.2) is 4.79 Å². The molecule has 0 amide bonds. The van der Waals surface area contributed by atoms with Crippen LogP contribution in [-0.2, 0) is 4.74 Å². The van der Waals surface area contributed by atoms with Crippen LogP contribution in [0.2, 0.25) is 0 Å². The highest BCUT2D eigenvalue weighted by Crippen LogP contribution is 2.57. The predicted octanol–water partition coefficient (Wildman–Crippen LogP) is 5.09. The molecule has 0 saturated heterocycles. The molecule has 1 aromatic rings. The molecule has 26 heavy (non-hydrogen) atoms. The molecule has 0 aliphatic heterocycles. The molecule has 0 bridgehead atoms. The monoisotopic (exact) mass is 356 g/mol. The SMILES string of the molecule is CCOC(=O)c1ccc(/C=C/[C@@H](C)[C@H]2CC[C@H]3[C@@H](O)CCC[C@@]23C)cc1. The van der Waals surface area contributed by atoms with Crippen molar-refractivity contribution < 1.29 is 14.6 Å². The first-order valence-electron chi connectivity index (χ1n) is 10.1. The van der Waals surface area contributed by atoms with E-state index in [0.717, 1.165) is 24.8 Å². The highest BCUT2D eigenvalue weighted by molar-refractivity contribution is 5.89. The summed E-state index contributed by atoms with van der Waals surface area (Å²) < 4.78 is 5.03. The quantitative estimate of drug-likeness (QED) is 0.748. The smallest absolute Gasteiger partial charge is 0.338 e. The largest absolute Gasteiger partial charge is 0.462 e. The number of allylic oxidation sites excluding steroid dienone is 1. The van der Waals surface area contributed by atoms with Crippen molar-refractivity contribution in [1.82, 2.24) is 0 Å². The highest BCUT2D eigenvalue weighted by atomic mass is 16.5. The number of esters is 1. The maximum Gasteiger partial charge on any atom is 0.338 e. The fraction of sp³-hybridized carbons (Fsp3) is 0.609. The van der Waals surface area contributed by atoms with Gasteiger partial charge in [0, 0.05) is 0 Å². The zero-order valence-electron chi connectivity index (χ0n) is 16.3. The van der Waals surface area contributed by atoms with E-state index in [1.807, 2.05) is 31.2 Å². The van der Waals surface area contributed by atoms with Gasteiger partial charge in [-0.05, 0) is 73.5 Å². The van der Waals surface area contributed by atoms with E-state index in [-0.39, 0.29) is 17.5 Å². The molecular weight excluding hydrogens is 324 g/mol. The summed E-state index contributed by atoms with van der Waals surface area (Å²) >= 11 is 0. The number of fused-ring (bicyclic) bond motifs is 1. The lowest BCUT2D eigenvalue weighted by Crippen LogP contribution is -2.41. The van der Waals surface area contributed by atoms with Crippen molar-refractivity contribution in [2.24, 2.45) is 23.2 Å². The van der Waals surface area contributed by atoms with Crippen molar-refractivity contribution in [3.8, 4) is 0 Å². The Morgan fingerprint density at radius 1 is 1.31 bits per heavy atom. The molecule has 1 aromatic carbocycles. The maximum absolute atomic E-state index is 11.7. The number of hydrogen-bond acceptors (Lipinski definition) is 3. The van der Waals surface area contributed by atoms with Crippen LogP contribution in [0, 0.1) is 23.2 Å². The summed E-state index contributed by atoms with van der Waals surface area (Å²) in [6, 6.07) is 7.59. The predicted molar refractivity (Wildman–Crippen MR) is 105 cm³/mol. The molecule has 0 heterocycles. The van der Waals surface area contributed by atoms with Crippen LogP contribution in [0.25, 0.3) is 6.08 Å². The van der Waals surface area contributed by atoms with Crippen LogP contribution in [0.15, 0.2) is 30.3 Å². The Morgan fingerprint density at radius 3 is 2.73 bits per heavy atom.